The fourth-order valence-corrected chi connectivity index (χ4v) is 0.465. The second-order valence-electron chi connectivity index (χ2n) is 1.55. The number of likely N-dealkylation sites (N-methyl/N-ethyl adjacent to an activating group) is 1. The second kappa shape index (κ2) is 10.8. The number of nitrogens with one attached hydrogen (secondary N) is 1. The first-order valence-electron chi connectivity index (χ1n) is 3.20. The summed E-state index contributed by atoms with van der Waals surface area (Å²) < 4.78 is 5.07. The molecule has 0 aliphatic rings. The molecule has 9 heavy (non-hydrogen) atoms. The summed E-state index contributed by atoms with van der Waals surface area (Å²) >= 11 is 0. The molecule has 0 saturated heterocycles. The van der Waals surface area contributed by atoms with Crippen molar-refractivity contribution in [3.05, 3.63) is 0 Å². The van der Waals surface area contributed by atoms with E-state index in [9.17, 15) is 0 Å². The smallest absolute Gasteiger partial charge is 0.0590 e. The summed E-state index contributed by atoms with van der Waals surface area (Å²) in [4.78, 5) is 0. The lowest BCUT2D eigenvalue weighted by molar-refractivity contribution is 0.149. The lowest BCUT2D eigenvalue weighted by Gasteiger charge is -1.99. The number of ether oxygens (including phenoxy) is 1. The van der Waals surface area contributed by atoms with Crippen molar-refractivity contribution in [2.24, 2.45) is 0 Å². The van der Waals surface area contributed by atoms with Gasteiger partial charge in [-0.3, -0.25) is 0 Å². The van der Waals surface area contributed by atoms with Crippen LogP contribution in [0, 0.1) is 0 Å². The van der Waals surface area contributed by atoms with Gasteiger partial charge in [0.1, 0.15) is 0 Å². The summed E-state index contributed by atoms with van der Waals surface area (Å²) in [7, 11) is 0. The van der Waals surface area contributed by atoms with Crippen molar-refractivity contribution in [3.63, 3.8) is 0 Å². The summed E-state index contributed by atoms with van der Waals surface area (Å²) in [5.74, 6) is 0. The van der Waals surface area contributed by atoms with E-state index in [0.717, 1.165) is 26.3 Å². The Hall–Kier alpha value is -0.120. The highest BCUT2D eigenvalue weighted by atomic mass is 16.5. The minimum Gasteiger partial charge on any atom is -0.380 e. The Morgan fingerprint density at radius 3 is 2.44 bits per heavy atom. The lowest BCUT2D eigenvalue weighted by atomic mass is 10.6. The molecule has 58 valence electrons. The van der Waals surface area contributed by atoms with E-state index in [4.69, 9.17) is 4.74 Å². The molecule has 0 fully saturated rings. The highest BCUT2D eigenvalue weighted by Gasteiger charge is 1.80. The Bertz CT molecular complexity index is 36.0. The molecule has 0 atom stereocenters. The van der Waals surface area contributed by atoms with Crippen LogP contribution < -0.4 is 11.5 Å². The predicted octanol–water partition coefficient (Wildman–Crippen LogP) is 0.794. The van der Waals surface area contributed by atoms with Crippen LogP contribution in [0.2, 0.25) is 0 Å². The third-order valence-electron chi connectivity index (χ3n) is 0.877. The van der Waals surface area contributed by atoms with Crippen LogP contribution in [-0.2, 0) is 4.74 Å². The molecule has 0 spiro atoms. The van der Waals surface area contributed by atoms with Crippen molar-refractivity contribution in [2.45, 2.75) is 13.8 Å². The minimum absolute atomic E-state index is 0. The normalized spacial score (nSPS) is 8.67. The third-order valence-corrected chi connectivity index (χ3v) is 0.877. The van der Waals surface area contributed by atoms with Crippen LogP contribution >= 0.6 is 0 Å². The van der Waals surface area contributed by atoms with Crippen molar-refractivity contribution in [1.82, 2.24) is 11.5 Å². The molecule has 0 aliphatic heterocycles. The largest absolute Gasteiger partial charge is 0.380 e. The van der Waals surface area contributed by atoms with Crippen LogP contribution in [0.5, 0.6) is 0 Å². The van der Waals surface area contributed by atoms with Gasteiger partial charge in [-0.1, -0.05) is 6.92 Å². The summed E-state index contributed by atoms with van der Waals surface area (Å²) in [5, 5.41) is 3.16. The van der Waals surface area contributed by atoms with E-state index >= 15 is 0 Å². The minimum atomic E-state index is 0. The summed E-state index contributed by atoms with van der Waals surface area (Å²) in [6.07, 6.45) is 0. The topological polar surface area (TPSA) is 56.3 Å². The van der Waals surface area contributed by atoms with Gasteiger partial charge in [-0.25, -0.2) is 0 Å². The Balaban J connectivity index is 0. The molecule has 0 bridgehead atoms. The van der Waals surface area contributed by atoms with Gasteiger partial charge in [0.2, 0.25) is 0 Å². The maximum Gasteiger partial charge on any atom is 0.0590 e. The predicted molar refractivity (Wildman–Crippen MR) is 40.1 cm³/mol. The van der Waals surface area contributed by atoms with Crippen LogP contribution in [0.3, 0.4) is 0 Å². The average Bonchev–Trinajstić information content (AvgIpc) is 1.81. The van der Waals surface area contributed by atoms with Crippen molar-refractivity contribution in [1.29, 1.82) is 0 Å². The highest BCUT2D eigenvalue weighted by molar-refractivity contribution is 4.38. The SMILES string of the molecule is CCNCCOCC.N. The zero-order valence-electron chi connectivity index (χ0n) is 6.44. The van der Waals surface area contributed by atoms with E-state index in [1.165, 1.54) is 0 Å². The number of rotatable bonds is 5. The number of hydrogen-bond acceptors (Lipinski definition) is 3. The standard InChI is InChI=1S/C6H15NO.H3N/c1-3-7-5-6-8-4-2;/h7H,3-6H2,1-2H3;1H3. The van der Waals surface area contributed by atoms with E-state index in [2.05, 4.69) is 12.2 Å². The van der Waals surface area contributed by atoms with E-state index < -0.39 is 0 Å². The molecular weight excluding hydrogens is 116 g/mol. The molecule has 0 rings (SSSR count). The fraction of sp³-hybridized carbons (Fsp3) is 1.00. The van der Waals surface area contributed by atoms with E-state index in [1.807, 2.05) is 6.92 Å². The van der Waals surface area contributed by atoms with Crippen LogP contribution in [0.15, 0.2) is 0 Å². The van der Waals surface area contributed by atoms with Crippen molar-refractivity contribution in [2.75, 3.05) is 26.3 Å². The molecule has 0 radical (unpaired) electrons. The van der Waals surface area contributed by atoms with Crippen LogP contribution in [0.25, 0.3) is 0 Å². The Labute approximate surface area is 57.4 Å². The van der Waals surface area contributed by atoms with Gasteiger partial charge in [0, 0.05) is 13.2 Å². The average molecular weight is 134 g/mol. The molecule has 0 heterocycles. The van der Waals surface area contributed by atoms with Crippen LogP contribution in [0.4, 0.5) is 0 Å². The van der Waals surface area contributed by atoms with Gasteiger partial charge in [0.15, 0.2) is 0 Å². The van der Waals surface area contributed by atoms with Crippen molar-refractivity contribution >= 4 is 0 Å². The van der Waals surface area contributed by atoms with Crippen molar-refractivity contribution < 1.29 is 4.74 Å². The molecule has 0 aromatic carbocycles. The van der Waals surface area contributed by atoms with Gasteiger partial charge in [0.05, 0.1) is 6.61 Å². The monoisotopic (exact) mass is 134 g/mol. The quantitative estimate of drug-likeness (QED) is 0.547. The molecule has 0 aliphatic carbocycles. The Morgan fingerprint density at radius 1 is 1.33 bits per heavy atom. The zero-order valence-corrected chi connectivity index (χ0v) is 6.44. The van der Waals surface area contributed by atoms with Crippen LogP contribution in [0.1, 0.15) is 13.8 Å². The van der Waals surface area contributed by atoms with Gasteiger partial charge in [-0.2, -0.15) is 0 Å². The maximum absolute atomic E-state index is 5.07. The fourth-order valence-electron chi connectivity index (χ4n) is 0.465. The molecule has 0 unspecified atom stereocenters. The van der Waals surface area contributed by atoms with Gasteiger partial charge in [-0.05, 0) is 13.5 Å². The first-order valence-corrected chi connectivity index (χ1v) is 3.20. The molecule has 0 saturated carbocycles. The van der Waals surface area contributed by atoms with Gasteiger partial charge in [-0.15, -0.1) is 0 Å². The lowest BCUT2D eigenvalue weighted by Crippen LogP contribution is -2.18. The maximum atomic E-state index is 5.07. The zero-order chi connectivity index (χ0) is 6.24. The first-order chi connectivity index (χ1) is 3.91. The molecule has 4 N–H and O–H groups in total. The summed E-state index contributed by atoms with van der Waals surface area (Å²) in [6.45, 7) is 7.77. The van der Waals surface area contributed by atoms with Gasteiger partial charge >= 0.3 is 0 Å². The van der Waals surface area contributed by atoms with Crippen molar-refractivity contribution in [3.8, 4) is 0 Å². The molecular formula is C6H18N2O. The van der Waals surface area contributed by atoms with E-state index in [0.29, 0.717) is 0 Å². The number of hydrogen-bond donors (Lipinski definition) is 2. The molecule has 0 aromatic heterocycles. The molecule has 0 aromatic rings. The Morgan fingerprint density at radius 2 is 2.00 bits per heavy atom. The highest BCUT2D eigenvalue weighted by Crippen LogP contribution is 1.68. The second-order valence-corrected chi connectivity index (χ2v) is 1.55. The Kier molecular flexibility index (Phi) is 14.0. The summed E-state index contributed by atoms with van der Waals surface area (Å²) in [6, 6.07) is 0. The third kappa shape index (κ3) is 11.4. The van der Waals surface area contributed by atoms with E-state index in [-0.39, 0.29) is 6.15 Å². The van der Waals surface area contributed by atoms with Gasteiger partial charge in [0.25, 0.3) is 0 Å². The molecule has 3 nitrogen and oxygen atoms in total. The first kappa shape index (κ1) is 11.6. The van der Waals surface area contributed by atoms with E-state index in [1.54, 1.807) is 0 Å². The molecule has 3 heteroatoms. The summed E-state index contributed by atoms with van der Waals surface area (Å²) in [5.41, 5.74) is 0. The van der Waals surface area contributed by atoms with Crippen LogP contribution in [-0.4, -0.2) is 26.3 Å². The molecule has 0 amide bonds. The van der Waals surface area contributed by atoms with Gasteiger partial charge < -0.3 is 16.2 Å².